The molecule has 3 aromatic rings. The number of carbonyl (C=O) groups is 1. The Bertz CT molecular complexity index is 1200. The number of nitrogens with zero attached hydrogens (tertiary/aromatic N) is 2. The van der Waals surface area contributed by atoms with E-state index in [2.05, 4.69) is 15.3 Å². The molecule has 2 aromatic carbocycles. The van der Waals surface area contributed by atoms with E-state index in [4.69, 9.17) is 5.73 Å². The summed E-state index contributed by atoms with van der Waals surface area (Å²) in [7, 11) is 0. The Balaban J connectivity index is 1.36. The number of halogens is 3. The van der Waals surface area contributed by atoms with Crippen LogP contribution in [-0.4, -0.2) is 23.5 Å². The molecule has 1 amide bonds. The zero-order valence-electron chi connectivity index (χ0n) is 15.6. The third-order valence-corrected chi connectivity index (χ3v) is 5.63. The SMILES string of the molecule is N[C@H](CNc1ncc(-c2ccc3c(c2)=CC(=O)N=3)s1)Cc1ccc(C(F)(F)F)cc1. The Kier molecular flexibility index (Phi) is 5.40. The number of alkyl halides is 3. The fraction of sp³-hybridized carbons (Fsp3) is 0.190. The van der Waals surface area contributed by atoms with Crippen molar-refractivity contribution in [1.29, 1.82) is 0 Å². The van der Waals surface area contributed by atoms with E-state index < -0.39 is 11.7 Å². The van der Waals surface area contributed by atoms with Gasteiger partial charge in [-0.2, -0.15) is 13.2 Å². The van der Waals surface area contributed by atoms with Gasteiger partial charge in [-0.3, -0.25) is 4.79 Å². The van der Waals surface area contributed by atoms with Gasteiger partial charge in [-0.15, -0.1) is 0 Å². The van der Waals surface area contributed by atoms with Crippen LogP contribution in [0.5, 0.6) is 0 Å². The molecule has 2 heterocycles. The van der Waals surface area contributed by atoms with Crippen molar-refractivity contribution in [3.63, 3.8) is 0 Å². The number of amides is 1. The molecular formula is C21H17F3N4OS. The number of hydrogen-bond acceptors (Lipinski definition) is 5. The van der Waals surface area contributed by atoms with Gasteiger partial charge in [0.25, 0.3) is 5.91 Å². The lowest BCUT2D eigenvalue weighted by atomic mass is 10.0. The fourth-order valence-electron chi connectivity index (χ4n) is 3.12. The minimum absolute atomic E-state index is 0.254. The number of nitrogens with one attached hydrogen (secondary N) is 1. The molecule has 0 saturated carbocycles. The number of anilines is 1. The Morgan fingerprint density at radius 1 is 1.13 bits per heavy atom. The first-order chi connectivity index (χ1) is 14.3. The monoisotopic (exact) mass is 430 g/mol. The van der Waals surface area contributed by atoms with Crippen LogP contribution in [0.25, 0.3) is 16.5 Å². The number of rotatable bonds is 6. The van der Waals surface area contributed by atoms with Crippen molar-refractivity contribution in [2.75, 3.05) is 11.9 Å². The van der Waals surface area contributed by atoms with Crippen LogP contribution in [-0.2, 0) is 17.4 Å². The molecule has 3 N–H and O–H groups in total. The number of benzene rings is 2. The first kappa shape index (κ1) is 20.2. The molecule has 0 unspecified atom stereocenters. The zero-order valence-corrected chi connectivity index (χ0v) is 16.4. The van der Waals surface area contributed by atoms with Gasteiger partial charge in [0.1, 0.15) is 0 Å². The van der Waals surface area contributed by atoms with E-state index in [1.807, 2.05) is 12.1 Å². The van der Waals surface area contributed by atoms with Crippen LogP contribution in [0.2, 0.25) is 0 Å². The van der Waals surface area contributed by atoms with E-state index in [1.165, 1.54) is 29.5 Å². The lowest BCUT2D eigenvalue weighted by Gasteiger charge is -2.13. The Labute approximate surface area is 173 Å². The van der Waals surface area contributed by atoms with Crippen molar-refractivity contribution in [2.45, 2.75) is 18.6 Å². The summed E-state index contributed by atoms with van der Waals surface area (Å²) in [5.74, 6) is -0.254. The highest BCUT2D eigenvalue weighted by atomic mass is 32.1. The third-order valence-electron chi connectivity index (χ3n) is 4.62. The summed E-state index contributed by atoms with van der Waals surface area (Å²) < 4.78 is 37.9. The molecule has 0 saturated heterocycles. The van der Waals surface area contributed by atoms with Gasteiger partial charge in [0.2, 0.25) is 0 Å². The number of nitrogens with two attached hydrogens (primary N) is 1. The largest absolute Gasteiger partial charge is 0.416 e. The van der Waals surface area contributed by atoms with Crippen LogP contribution in [0.3, 0.4) is 0 Å². The van der Waals surface area contributed by atoms with Crippen molar-refractivity contribution < 1.29 is 18.0 Å². The summed E-state index contributed by atoms with van der Waals surface area (Å²) in [6.45, 7) is 0.430. The van der Waals surface area contributed by atoms with Crippen LogP contribution in [0.4, 0.5) is 18.3 Å². The normalized spacial score (nSPS) is 14.1. The van der Waals surface area contributed by atoms with E-state index >= 15 is 0 Å². The van der Waals surface area contributed by atoms with Gasteiger partial charge in [0.15, 0.2) is 5.13 Å². The van der Waals surface area contributed by atoms with E-state index in [9.17, 15) is 18.0 Å². The Morgan fingerprint density at radius 3 is 2.63 bits per heavy atom. The molecule has 0 bridgehead atoms. The zero-order chi connectivity index (χ0) is 21.3. The number of aromatic nitrogens is 1. The van der Waals surface area contributed by atoms with Crippen molar-refractivity contribution in [3.8, 4) is 10.4 Å². The predicted octanol–water partition coefficient (Wildman–Crippen LogP) is 2.75. The smallest absolute Gasteiger partial charge is 0.360 e. The van der Waals surface area contributed by atoms with Gasteiger partial charge in [-0.05, 0) is 41.8 Å². The average molecular weight is 430 g/mol. The topological polar surface area (TPSA) is 80.4 Å². The van der Waals surface area contributed by atoms with Gasteiger partial charge in [-0.1, -0.05) is 29.5 Å². The van der Waals surface area contributed by atoms with E-state index in [0.29, 0.717) is 23.5 Å². The van der Waals surface area contributed by atoms with Crippen LogP contribution in [0, 0.1) is 0 Å². The second-order valence-corrected chi connectivity index (χ2v) is 7.97. The fourth-order valence-corrected chi connectivity index (χ4v) is 3.94. The number of hydrogen-bond donors (Lipinski definition) is 2. The highest BCUT2D eigenvalue weighted by molar-refractivity contribution is 7.18. The molecule has 1 aromatic heterocycles. The lowest BCUT2D eigenvalue weighted by Crippen LogP contribution is -2.31. The minimum atomic E-state index is -4.34. The van der Waals surface area contributed by atoms with Gasteiger partial charge >= 0.3 is 6.18 Å². The van der Waals surface area contributed by atoms with E-state index in [1.54, 1.807) is 12.3 Å². The highest BCUT2D eigenvalue weighted by Gasteiger charge is 2.29. The maximum atomic E-state index is 12.6. The van der Waals surface area contributed by atoms with Gasteiger partial charge in [0, 0.05) is 30.1 Å². The standard InChI is InChI=1S/C21H17F3N4OS/c22-21(23,24)15-4-1-12(2-5-15)7-16(25)10-26-20-27-11-18(30-20)13-3-6-17-14(8-13)9-19(29)28-17/h1-6,8-9,11,16H,7,10,25H2,(H,26,27)/t16-/m0/s1. The molecule has 0 aliphatic carbocycles. The quantitative estimate of drug-likeness (QED) is 0.630. The highest BCUT2D eigenvalue weighted by Crippen LogP contribution is 2.29. The third kappa shape index (κ3) is 4.58. The van der Waals surface area contributed by atoms with Crippen molar-refractivity contribution in [2.24, 2.45) is 10.7 Å². The van der Waals surface area contributed by atoms with Crippen LogP contribution in [0.1, 0.15) is 11.1 Å². The summed E-state index contributed by atoms with van der Waals surface area (Å²) in [4.78, 5) is 20.6. The first-order valence-corrected chi connectivity index (χ1v) is 9.96. The van der Waals surface area contributed by atoms with Gasteiger partial charge in [0.05, 0.1) is 15.8 Å². The molecule has 154 valence electrons. The molecule has 4 rings (SSSR count). The van der Waals surface area contributed by atoms with Crippen LogP contribution in [0.15, 0.2) is 53.7 Å². The molecule has 30 heavy (non-hydrogen) atoms. The van der Waals surface area contributed by atoms with Crippen molar-refractivity contribution in [3.05, 3.63) is 70.4 Å². The molecule has 1 atom stereocenters. The molecule has 1 aliphatic heterocycles. The van der Waals surface area contributed by atoms with Crippen molar-refractivity contribution in [1.82, 2.24) is 4.98 Å². The minimum Gasteiger partial charge on any atom is -0.360 e. The second-order valence-electron chi connectivity index (χ2n) is 6.94. The molecule has 0 spiro atoms. The molecule has 5 nitrogen and oxygen atoms in total. The van der Waals surface area contributed by atoms with Crippen molar-refractivity contribution >= 4 is 28.5 Å². The Morgan fingerprint density at radius 2 is 1.90 bits per heavy atom. The summed E-state index contributed by atoms with van der Waals surface area (Å²) >= 11 is 1.45. The lowest BCUT2D eigenvalue weighted by molar-refractivity contribution is -0.137. The van der Waals surface area contributed by atoms with E-state index in [-0.39, 0.29) is 11.9 Å². The Hall–Kier alpha value is -3.04. The predicted molar refractivity (Wildman–Crippen MR) is 109 cm³/mol. The second kappa shape index (κ2) is 8.00. The summed E-state index contributed by atoms with van der Waals surface area (Å²) in [6, 6.07) is 10.3. The summed E-state index contributed by atoms with van der Waals surface area (Å²) in [5, 5.41) is 5.32. The van der Waals surface area contributed by atoms with E-state index in [0.717, 1.165) is 33.4 Å². The average Bonchev–Trinajstić information content (AvgIpc) is 3.31. The van der Waals surface area contributed by atoms with Crippen LogP contribution < -0.4 is 21.6 Å². The van der Waals surface area contributed by atoms with Gasteiger partial charge in [-0.25, -0.2) is 9.98 Å². The van der Waals surface area contributed by atoms with Gasteiger partial charge < -0.3 is 11.1 Å². The van der Waals surface area contributed by atoms with Crippen LogP contribution >= 0.6 is 11.3 Å². The number of carbonyl (C=O) groups excluding carboxylic acids is 1. The summed E-state index contributed by atoms with van der Waals surface area (Å²) in [5.41, 5.74) is 7.13. The maximum absolute atomic E-state index is 12.6. The number of fused-ring (bicyclic) bond motifs is 1. The molecule has 1 aliphatic rings. The first-order valence-electron chi connectivity index (χ1n) is 9.14. The molecule has 9 heteroatoms. The summed E-state index contributed by atoms with van der Waals surface area (Å²) in [6.07, 6.45) is -0.656. The molecule has 0 radical (unpaired) electrons. The maximum Gasteiger partial charge on any atom is 0.416 e. The molecule has 0 fully saturated rings. The molecular weight excluding hydrogens is 413 g/mol. The number of thiazole rings is 1.